The summed E-state index contributed by atoms with van der Waals surface area (Å²) in [6.07, 6.45) is -5.16. The lowest BCUT2D eigenvalue weighted by molar-refractivity contribution is -0.138. The second-order valence-electron chi connectivity index (χ2n) is 6.56. The van der Waals surface area contributed by atoms with Gasteiger partial charge in [0.1, 0.15) is 11.5 Å². The number of aliphatic carboxylic acids is 1. The van der Waals surface area contributed by atoms with Crippen molar-refractivity contribution < 1.29 is 32.3 Å². The molecule has 1 aromatic heterocycles. The number of halogens is 4. The summed E-state index contributed by atoms with van der Waals surface area (Å²) in [5, 5.41) is 14.0. The van der Waals surface area contributed by atoms with E-state index in [9.17, 15) is 31.9 Å². The number of hydrogen-bond acceptors (Lipinski definition) is 3. The van der Waals surface area contributed by atoms with Crippen LogP contribution in [0.2, 0.25) is 0 Å². The molecule has 0 unspecified atom stereocenters. The monoisotopic (exact) mass is 437 g/mol. The number of hydrogen-bond donors (Lipinski definition) is 3. The SMILES string of the molecule is O=C(O)C[C@H](NC(=O)c1cc(=O)n(-c2ccc(F)cc2)[nH]1)c1ccc(C(F)(F)F)cc1. The van der Waals surface area contributed by atoms with E-state index < -0.39 is 47.5 Å². The number of H-pyrrole nitrogens is 1. The second kappa shape index (κ2) is 8.46. The highest BCUT2D eigenvalue weighted by molar-refractivity contribution is 5.92. The average molecular weight is 437 g/mol. The van der Waals surface area contributed by atoms with Gasteiger partial charge in [0.15, 0.2) is 0 Å². The number of amides is 1. The van der Waals surface area contributed by atoms with Crippen molar-refractivity contribution in [2.24, 2.45) is 0 Å². The fourth-order valence-corrected chi connectivity index (χ4v) is 2.86. The number of alkyl halides is 3. The molecule has 1 atom stereocenters. The Balaban J connectivity index is 1.84. The molecule has 3 N–H and O–H groups in total. The van der Waals surface area contributed by atoms with Crippen molar-refractivity contribution in [3.05, 3.63) is 87.6 Å². The molecule has 0 aliphatic carbocycles. The van der Waals surface area contributed by atoms with E-state index in [1.54, 1.807) is 0 Å². The van der Waals surface area contributed by atoms with Gasteiger partial charge in [0, 0.05) is 6.07 Å². The predicted octanol–water partition coefficient (Wildman–Crippen LogP) is 3.27. The average Bonchev–Trinajstić information content (AvgIpc) is 3.09. The smallest absolute Gasteiger partial charge is 0.416 e. The van der Waals surface area contributed by atoms with Gasteiger partial charge < -0.3 is 10.4 Å². The Morgan fingerprint density at radius 1 is 1.06 bits per heavy atom. The predicted molar refractivity (Wildman–Crippen MR) is 100 cm³/mol. The summed E-state index contributed by atoms with van der Waals surface area (Å²) >= 11 is 0. The van der Waals surface area contributed by atoms with Gasteiger partial charge in [-0.3, -0.25) is 19.5 Å². The van der Waals surface area contributed by atoms with E-state index in [2.05, 4.69) is 10.4 Å². The Labute approximate surface area is 171 Å². The van der Waals surface area contributed by atoms with Crippen LogP contribution in [-0.4, -0.2) is 26.8 Å². The van der Waals surface area contributed by atoms with Gasteiger partial charge >= 0.3 is 12.1 Å². The zero-order valence-electron chi connectivity index (χ0n) is 15.6. The number of benzene rings is 2. The van der Waals surface area contributed by atoms with Crippen LogP contribution in [0, 0.1) is 5.82 Å². The number of carboxylic acid groups (broad SMARTS) is 1. The summed E-state index contributed by atoms with van der Waals surface area (Å²) < 4.78 is 52.3. The van der Waals surface area contributed by atoms with Crippen molar-refractivity contribution in [3.63, 3.8) is 0 Å². The molecule has 1 heterocycles. The van der Waals surface area contributed by atoms with E-state index in [1.165, 1.54) is 12.1 Å². The number of carboxylic acids is 1. The first-order chi connectivity index (χ1) is 14.5. The van der Waals surface area contributed by atoms with Crippen molar-refractivity contribution in [1.29, 1.82) is 0 Å². The molecule has 0 saturated heterocycles. The summed E-state index contributed by atoms with van der Waals surface area (Å²) in [6.45, 7) is 0. The molecule has 0 saturated carbocycles. The van der Waals surface area contributed by atoms with E-state index in [0.29, 0.717) is 0 Å². The summed E-state index contributed by atoms with van der Waals surface area (Å²) in [7, 11) is 0. The topological polar surface area (TPSA) is 104 Å². The van der Waals surface area contributed by atoms with Crippen LogP contribution in [0.25, 0.3) is 5.69 Å². The van der Waals surface area contributed by atoms with Crippen molar-refractivity contribution in [2.75, 3.05) is 0 Å². The minimum Gasteiger partial charge on any atom is -0.481 e. The van der Waals surface area contributed by atoms with E-state index in [4.69, 9.17) is 5.11 Å². The highest BCUT2D eigenvalue weighted by Crippen LogP contribution is 2.30. The molecule has 3 rings (SSSR count). The Morgan fingerprint density at radius 2 is 1.68 bits per heavy atom. The lowest BCUT2D eigenvalue weighted by Gasteiger charge is -2.18. The van der Waals surface area contributed by atoms with Crippen LogP contribution >= 0.6 is 0 Å². The minimum absolute atomic E-state index is 0.143. The lowest BCUT2D eigenvalue weighted by Crippen LogP contribution is -2.30. The molecule has 11 heteroatoms. The van der Waals surface area contributed by atoms with Crippen LogP contribution in [0.5, 0.6) is 0 Å². The number of nitrogens with one attached hydrogen (secondary N) is 2. The third-order valence-corrected chi connectivity index (χ3v) is 4.37. The standard InChI is InChI=1S/C20H15F4N3O4/c21-13-5-7-14(8-6-13)27-17(28)9-16(26-27)19(31)25-15(10-18(29)30)11-1-3-12(4-2-11)20(22,23)24/h1-9,15,26H,10H2,(H,25,31)(H,29,30)/t15-/m0/s1. The zero-order chi connectivity index (χ0) is 22.8. The molecule has 3 aromatic rings. The molecule has 0 spiro atoms. The van der Waals surface area contributed by atoms with Crippen LogP contribution in [0.15, 0.2) is 59.4 Å². The third kappa shape index (κ3) is 5.18. The normalized spacial score (nSPS) is 12.4. The number of carbonyl (C=O) groups is 2. The Hall–Kier alpha value is -3.89. The van der Waals surface area contributed by atoms with E-state index in [-0.39, 0.29) is 16.9 Å². The number of aromatic nitrogens is 2. The van der Waals surface area contributed by atoms with Crippen LogP contribution in [-0.2, 0) is 11.0 Å². The highest BCUT2D eigenvalue weighted by Gasteiger charge is 2.30. The van der Waals surface area contributed by atoms with Crippen LogP contribution in [0.1, 0.15) is 34.1 Å². The molecular weight excluding hydrogens is 422 g/mol. The molecule has 0 aliphatic rings. The molecule has 0 fully saturated rings. The summed E-state index contributed by atoms with van der Waals surface area (Å²) in [4.78, 5) is 35.9. The maximum atomic E-state index is 13.1. The minimum atomic E-state index is -4.56. The summed E-state index contributed by atoms with van der Waals surface area (Å²) in [5.74, 6) is -2.65. The van der Waals surface area contributed by atoms with Crippen molar-refractivity contribution in [1.82, 2.24) is 15.1 Å². The Kier molecular flexibility index (Phi) is 5.95. The van der Waals surface area contributed by atoms with Gasteiger partial charge in [-0.15, -0.1) is 0 Å². The number of rotatable bonds is 6. The lowest BCUT2D eigenvalue weighted by atomic mass is 10.0. The Morgan fingerprint density at radius 3 is 2.23 bits per heavy atom. The fourth-order valence-electron chi connectivity index (χ4n) is 2.86. The van der Waals surface area contributed by atoms with Gasteiger partial charge in [-0.2, -0.15) is 13.2 Å². The van der Waals surface area contributed by atoms with Gasteiger partial charge in [-0.25, -0.2) is 9.07 Å². The van der Waals surface area contributed by atoms with Gasteiger partial charge in [-0.1, -0.05) is 12.1 Å². The van der Waals surface area contributed by atoms with E-state index in [1.807, 2.05) is 0 Å². The van der Waals surface area contributed by atoms with Crippen LogP contribution < -0.4 is 10.9 Å². The van der Waals surface area contributed by atoms with Crippen LogP contribution in [0.4, 0.5) is 17.6 Å². The van der Waals surface area contributed by atoms with E-state index >= 15 is 0 Å². The first-order valence-electron chi connectivity index (χ1n) is 8.82. The number of nitrogens with zero attached hydrogens (tertiary/aromatic N) is 1. The molecule has 162 valence electrons. The first-order valence-corrected chi connectivity index (χ1v) is 8.82. The first kappa shape index (κ1) is 21.8. The molecule has 2 aromatic carbocycles. The fraction of sp³-hybridized carbons (Fsp3) is 0.150. The molecule has 0 aliphatic heterocycles. The zero-order valence-corrected chi connectivity index (χ0v) is 15.6. The van der Waals surface area contributed by atoms with Gasteiger partial charge in [0.2, 0.25) is 0 Å². The molecule has 1 amide bonds. The maximum absolute atomic E-state index is 13.1. The third-order valence-electron chi connectivity index (χ3n) is 4.37. The van der Waals surface area contributed by atoms with Gasteiger partial charge in [0.25, 0.3) is 11.5 Å². The van der Waals surface area contributed by atoms with Crippen molar-refractivity contribution in [2.45, 2.75) is 18.6 Å². The molecule has 0 bridgehead atoms. The number of aromatic amines is 1. The second-order valence-corrected chi connectivity index (χ2v) is 6.56. The van der Waals surface area contributed by atoms with E-state index in [0.717, 1.165) is 47.1 Å². The van der Waals surface area contributed by atoms with Crippen molar-refractivity contribution in [3.8, 4) is 5.69 Å². The molecule has 31 heavy (non-hydrogen) atoms. The van der Waals surface area contributed by atoms with Gasteiger partial charge in [0.05, 0.1) is 23.7 Å². The van der Waals surface area contributed by atoms with Crippen molar-refractivity contribution >= 4 is 11.9 Å². The summed E-state index contributed by atoms with van der Waals surface area (Å²) in [6, 6.07) is 8.38. The highest BCUT2D eigenvalue weighted by atomic mass is 19.4. The molecule has 0 radical (unpaired) electrons. The molecular formula is C20H15F4N3O4. The Bertz CT molecular complexity index is 1150. The maximum Gasteiger partial charge on any atom is 0.416 e. The van der Waals surface area contributed by atoms with Gasteiger partial charge in [-0.05, 0) is 42.0 Å². The largest absolute Gasteiger partial charge is 0.481 e. The van der Waals surface area contributed by atoms with Crippen LogP contribution in [0.3, 0.4) is 0 Å². The quantitative estimate of drug-likeness (QED) is 0.515. The summed E-state index contributed by atoms with van der Waals surface area (Å²) in [5.41, 5.74) is -1.35. The number of carbonyl (C=O) groups excluding carboxylic acids is 1. The molecule has 7 nitrogen and oxygen atoms in total.